The van der Waals surface area contributed by atoms with Gasteiger partial charge in [-0.3, -0.25) is 9.59 Å². The molecule has 0 fully saturated rings. The third kappa shape index (κ3) is 8.39. The molecule has 20 heavy (non-hydrogen) atoms. The van der Waals surface area contributed by atoms with Crippen molar-refractivity contribution in [3.8, 4) is 0 Å². The number of ketones is 2. The van der Waals surface area contributed by atoms with Crippen molar-refractivity contribution in [3.05, 3.63) is 11.9 Å². The average Bonchev–Trinajstić information content (AvgIpc) is 2.22. The van der Waals surface area contributed by atoms with Gasteiger partial charge in [0.05, 0.1) is 11.7 Å². The van der Waals surface area contributed by atoms with Gasteiger partial charge in [0.25, 0.3) is 0 Å². The first-order valence-electron chi connectivity index (χ1n) is 6.35. The summed E-state index contributed by atoms with van der Waals surface area (Å²) < 4.78 is 18.5. The largest absolute Gasteiger partial charge is 0.444 e. The summed E-state index contributed by atoms with van der Waals surface area (Å²) in [7, 11) is 0. The minimum atomic E-state index is -0.965. The van der Waals surface area contributed by atoms with Crippen LogP contribution in [0, 0.1) is 5.92 Å². The zero-order valence-electron chi connectivity index (χ0n) is 12.6. The van der Waals surface area contributed by atoms with Gasteiger partial charge in [-0.1, -0.05) is 0 Å². The van der Waals surface area contributed by atoms with E-state index in [0.29, 0.717) is 0 Å². The van der Waals surface area contributed by atoms with Crippen molar-refractivity contribution in [1.82, 2.24) is 5.32 Å². The van der Waals surface area contributed by atoms with Gasteiger partial charge in [-0.15, -0.1) is 0 Å². The lowest BCUT2D eigenvalue weighted by Crippen LogP contribution is -2.32. The number of hydrogen-bond donors (Lipinski definition) is 1. The Hall–Kier alpha value is -1.72. The third-order valence-electron chi connectivity index (χ3n) is 2.35. The van der Waals surface area contributed by atoms with Gasteiger partial charge in [0, 0.05) is 13.0 Å². The highest BCUT2D eigenvalue weighted by Crippen LogP contribution is 2.15. The Kier molecular flexibility index (Phi) is 7.10. The average molecular weight is 287 g/mol. The Labute approximate surface area is 118 Å². The molecule has 0 aliphatic rings. The number of allylic oxidation sites excluding steroid dienone is 1. The fraction of sp³-hybridized carbons (Fsp3) is 0.643. The summed E-state index contributed by atoms with van der Waals surface area (Å²) in [6.07, 6.45) is 0.181. The maximum absolute atomic E-state index is 13.5. The van der Waals surface area contributed by atoms with Crippen LogP contribution in [0.2, 0.25) is 0 Å². The number of alkyl carbamates (subject to hydrolysis) is 1. The second-order valence-corrected chi connectivity index (χ2v) is 5.51. The molecule has 0 saturated carbocycles. The van der Waals surface area contributed by atoms with Gasteiger partial charge in [-0.2, -0.15) is 0 Å². The molecule has 0 spiro atoms. The molecular formula is C14H22FNO4. The predicted molar refractivity (Wildman–Crippen MR) is 72.9 cm³/mol. The number of nitrogens with one attached hydrogen (secondary N) is 1. The second kappa shape index (κ2) is 7.77. The summed E-state index contributed by atoms with van der Waals surface area (Å²) in [6.45, 7) is 7.58. The zero-order chi connectivity index (χ0) is 15.9. The molecule has 1 amide bonds. The van der Waals surface area contributed by atoms with Crippen molar-refractivity contribution < 1.29 is 23.5 Å². The quantitative estimate of drug-likeness (QED) is 0.762. The molecule has 0 radical (unpaired) electrons. The van der Waals surface area contributed by atoms with Gasteiger partial charge >= 0.3 is 6.09 Å². The van der Waals surface area contributed by atoms with Crippen LogP contribution in [0.25, 0.3) is 0 Å². The van der Waals surface area contributed by atoms with E-state index in [0.717, 1.165) is 6.08 Å². The van der Waals surface area contributed by atoms with E-state index in [2.05, 4.69) is 5.32 Å². The molecule has 0 aromatic carbocycles. The summed E-state index contributed by atoms with van der Waals surface area (Å²) in [4.78, 5) is 33.6. The van der Waals surface area contributed by atoms with E-state index in [-0.39, 0.29) is 24.5 Å². The maximum Gasteiger partial charge on any atom is 0.407 e. The van der Waals surface area contributed by atoms with Crippen molar-refractivity contribution in [3.63, 3.8) is 0 Å². The Morgan fingerprint density at radius 1 is 1.20 bits per heavy atom. The van der Waals surface area contributed by atoms with Crippen molar-refractivity contribution in [2.24, 2.45) is 5.92 Å². The standard InChI is InChI=1S/C14H22FNO4/c1-9(17)12(10(2)18)8-11(15)6-7-16-13(19)20-14(3,4)5/h6,12H,7-8H2,1-5H3,(H,16,19)/b11-6-. The van der Waals surface area contributed by atoms with Crippen molar-refractivity contribution in [2.75, 3.05) is 6.54 Å². The molecule has 1 N–H and O–H groups in total. The normalized spacial score (nSPS) is 12.2. The molecular weight excluding hydrogens is 265 g/mol. The van der Waals surface area contributed by atoms with E-state index in [1.807, 2.05) is 0 Å². The van der Waals surface area contributed by atoms with Gasteiger partial charge in [0.15, 0.2) is 0 Å². The van der Waals surface area contributed by atoms with Crippen LogP contribution in [0.1, 0.15) is 41.0 Å². The lowest BCUT2D eigenvalue weighted by Gasteiger charge is -2.19. The summed E-state index contributed by atoms with van der Waals surface area (Å²) in [5, 5.41) is 2.35. The van der Waals surface area contributed by atoms with Gasteiger partial charge in [-0.05, 0) is 40.7 Å². The Morgan fingerprint density at radius 3 is 2.10 bits per heavy atom. The molecule has 0 rings (SSSR count). The summed E-state index contributed by atoms with van der Waals surface area (Å²) in [5.74, 6) is -2.33. The van der Waals surface area contributed by atoms with Crippen molar-refractivity contribution in [1.29, 1.82) is 0 Å². The topological polar surface area (TPSA) is 72.5 Å². The SMILES string of the molecule is CC(=O)C(C/C(F)=C/CNC(=O)OC(C)(C)C)C(C)=O. The van der Waals surface area contributed by atoms with Gasteiger partial charge in [0.2, 0.25) is 0 Å². The second-order valence-electron chi connectivity index (χ2n) is 5.51. The highest BCUT2D eigenvalue weighted by atomic mass is 19.1. The van der Waals surface area contributed by atoms with E-state index < -0.39 is 23.4 Å². The molecule has 5 nitrogen and oxygen atoms in total. The van der Waals surface area contributed by atoms with E-state index in [1.165, 1.54) is 13.8 Å². The third-order valence-corrected chi connectivity index (χ3v) is 2.35. The van der Waals surface area contributed by atoms with Crippen molar-refractivity contribution >= 4 is 17.7 Å². The van der Waals surface area contributed by atoms with Gasteiger partial charge in [0.1, 0.15) is 17.2 Å². The zero-order valence-corrected chi connectivity index (χ0v) is 12.6. The van der Waals surface area contributed by atoms with Crippen LogP contribution in [0.5, 0.6) is 0 Å². The molecule has 0 saturated heterocycles. The highest BCUT2D eigenvalue weighted by Gasteiger charge is 2.21. The van der Waals surface area contributed by atoms with Crippen molar-refractivity contribution in [2.45, 2.75) is 46.6 Å². The molecule has 114 valence electrons. The van der Waals surface area contributed by atoms with E-state index in [1.54, 1.807) is 20.8 Å². The number of carbonyl (C=O) groups excluding carboxylic acids is 3. The summed E-state index contributed by atoms with van der Waals surface area (Å²) >= 11 is 0. The number of rotatable bonds is 6. The Bertz CT molecular complexity index is 396. The highest BCUT2D eigenvalue weighted by molar-refractivity contribution is 6.00. The van der Waals surface area contributed by atoms with Crippen LogP contribution < -0.4 is 5.32 Å². The summed E-state index contributed by atoms with van der Waals surface area (Å²) in [5.41, 5.74) is -0.624. The van der Waals surface area contributed by atoms with E-state index in [4.69, 9.17) is 4.74 Å². The monoisotopic (exact) mass is 287 g/mol. The molecule has 0 bridgehead atoms. The Morgan fingerprint density at radius 2 is 1.70 bits per heavy atom. The van der Waals surface area contributed by atoms with E-state index in [9.17, 15) is 18.8 Å². The number of Topliss-reactive ketones (excluding diaryl/α,β-unsaturated/α-hetero) is 2. The molecule has 0 aliphatic carbocycles. The summed E-state index contributed by atoms with van der Waals surface area (Å²) in [6, 6.07) is 0. The first kappa shape index (κ1) is 18.3. The van der Waals surface area contributed by atoms with Crippen LogP contribution in [-0.2, 0) is 14.3 Å². The number of hydrogen-bond acceptors (Lipinski definition) is 4. The lowest BCUT2D eigenvalue weighted by molar-refractivity contribution is -0.130. The number of ether oxygens (including phenoxy) is 1. The fourth-order valence-electron chi connectivity index (χ4n) is 1.41. The molecule has 0 aromatic heterocycles. The lowest BCUT2D eigenvalue weighted by atomic mass is 9.96. The van der Waals surface area contributed by atoms with Gasteiger partial charge < -0.3 is 10.1 Å². The molecule has 0 aliphatic heterocycles. The van der Waals surface area contributed by atoms with Gasteiger partial charge in [-0.25, -0.2) is 9.18 Å². The molecule has 0 unspecified atom stereocenters. The number of halogens is 1. The van der Waals surface area contributed by atoms with Crippen LogP contribution in [0.3, 0.4) is 0 Å². The number of amides is 1. The first-order chi connectivity index (χ1) is 9.03. The minimum absolute atomic E-state index is 0.0662. The fourth-order valence-corrected chi connectivity index (χ4v) is 1.41. The molecule has 0 heterocycles. The predicted octanol–water partition coefficient (Wildman–Crippen LogP) is 2.55. The molecule has 0 aromatic rings. The first-order valence-corrected chi connectivity index (χ1v) is 6.35. The number of carbonyl (C=O) groups is 3. The molecule has 6 heteroatoms. The van der Waals surface area contributed by atoms with Crippen LogP contribution >= 0.6 is 0 Å². The Balaban J connectivity index is 4.30. The van der Waals surface area contributed by atoms with E-state index >= 15 is 0 Å². The smallest absolute Gasteiger partial charge is 0.407 e. The minimum Gasteiger partial charge on any atom is -0.444 e. The maximum atomic E-state index is 13.5. The van der Waals surface area contributed by atoms with Crippen LogP contribution in [-0.4, -0.2) is 29.8 Å². The van der Waals surface area contributed by atoms with Crippen LogP contribution in [0.15, 0.2) is 11.9 Å². The van der Waals surface area contributed by atoms with Crippen LogP contribution in [0.4, 0.5) is 9.18 Å². The molecule has 0 atom stereocenters.